The normalized spacial score (nSPS) is 13.2. The van der Waals surface area contributed by atoms with Crippen LogP contribution < -0.4 is 10.8 Å². The average molecular weight is 179 g/mol. The highest BCUT2D eigenvalue weighted by Gasteiger charge is 1.84. The fourth-order valence-corrected chi connectivity index (χ4v) is 0.789. The second-order valence-corrected chi connectivity index (χ2v) is 2.08. The van der Waals surface area contributed by atoms with E-state index in [9.17, 15) is 0 Å². The maximum atomic E-state index is 5.11. The van der Waals surface area contributed by atoms with Crippen LogP contribution in [0.2, 0.25) is 0 Å². The van der Waals surface area contributed by atoms with Crippen LogP contribution in [0.1, 0.15) is 27.7 Å². The molecule has 0 saturated carbocycles. The third-order valence-corrected chi connectivity index (χ3v) is 1.34. The number of hydrogen-bond donors (Lipinski definition) is 0. The van der Waals surface area contributed by atoms with E-state index in [0.717, 1.165) is 10.8 Å². The van der Waals surface area contributed by atoms with Gasteiger partial charge >= 0.3 is 0 Å². The van der Waals surface area contributed by atoms with Crippen LogP contribution in [0.5, 0.6) is 0 Å². The summed E-state index contributed by atoms with van der Waals surface area (Å²) in [5.74, 6) is 0. The zero-order chi connectivity index (χ0) is 10.1. The predicted molar refractivity (Wildman–Crippen MR) is 56.5 cm³/mol. The Labute approximate surface area is 79.3 Å². The maximum Gasteiger partial charge on any atom is 0.181 e. The van der Waals surface area contributed by atoms with E-state index in [4.69, 9.17) is 4.42 Å². The first-order chi connectivity index (χ1) is 6.38. The molecule has 0 amide bonds. The van der Waals surface area contributed by atoms with Crippen LogP contribution in [-0.4, -0.2) is 4.98 Å². The Bertz CT molecular complexity index is 346. The highest BCUT2D eigenvalue weighted by atomic mass is 16.3. The first kappa shape index (κ1) is 11.7. The first-order valence-electron chi connectivity index (χ1n) is 4.57. The maximum absolute atomic E-state index is 5.11. The van der Waals surface area contributed by atoms with Gasteiger partial charge < -0.3 is 4.42 Å². The van der Waals surface area contributed by atoms with Gasteiger partial charge in [-0.1, -0.05) is 32.1 Å². The Morgan fingerprint density at radius 3 is 2.54 bits per heavy atom. The topological polar surface area (TPSA) is 26.0 Å². The summed E-state index contributed by atoms with van der Waals surface area (Å²) in [6.45, 7) is 7.90. The summed E-state index contributed by atoms with van der Waals surface area (Å²) < 4.78 is 5.11. The zero-order valence-electron chi connectivity index (χ0n) is 8.74. The summed E-state index contributed by atoms with van der Waals surface area (Å²) in [4.78, 5) is 4.00. The number of oxazole rings is 1. The minimum atomic E-state index is 0.811. The van der Waals surface area contributed by atoms with E-state index in [1.54, 1.807) is 0 Å². The standard InChI is InChI=1S/C9H11NO.C2H6/c1-3-5-6-9-8(4-2)10-7-11-9;1-2/h3-7H,1-2H3;1-2H3/b5-3-,8-4+,9-6+;. The minimum Gasteiger partial charge on any atom is -0.443 e. The summed E-state index contributed by atoms with van der Waals surface area (Å²) >= 11 is 0. The van der Waals surface area contributed by atoms with Crippen molar-refractivity contribution in [2.75, 3.05) is 0 Å². The van der Waals surface area contributed by atoms with Crippen LogP contribution in [0, 0.1) is 0 Å². The highest BCUT2D eigenvalue weighted by molar-refractivity contribution is 5.33. The molecule has 72 valence electrons. The monoisotopic (exact) mass is 179 g/mol. The van der Waals surface area contributed by atoms with Gasteiger partial charge in [-0.25, -0.2) is 4.98 Å². The SMILES string of the molecule is CC.C\C=C/C=c1/ocn/c1=C/C. The van der Waals surface area contributed by atoms with E-state index in [1.807, 2.05) is 52.0 Å². The Hall–Kier alpha value is -1.31. The second kappa shape index (κ2) is 7.35. The fraction of sp³-hybridized carbons (Fsp3) is 0.364. The minimum absolute atomic E-state index is 0.811. The lowest BCUT2D eigenvalue weighted by atomic mass is 10.4. The van der Waals surface area contributed by atoms with Crippen molar-refractivity contribution < 1.29 is 4.42 Å². The third kappa shape index (κ3) is 3.74. The molecule has 0 spiro atoms. The van der Waals surface area contributed by atoms with E-state index in [1.165, 1.54) is 6.39 Å². The van der Waals surface area contributed by atoms with Crippen LogP contribution in [0.15, 0.2) is 23.0 Å². The summed E-state index contributed by atoms with van der Waals surface area (Å²) in [6, 6.07) is 0. The van der Waals surface area contributed by atoms with Gasteiger partial charge in [-0.15, -0.1) is 0 Å². The Kier molecular flexibility index (Phi) is 6.60. The van der Waals surface area contributed by atoms with Gasteiger partial charge in [0.15, 0.2) is 11.8 Å². The van der Waals surface area contributed by atoms with Crippen LogP contribution >= 0.6 is 0 Å². The molecule has 0 aliphatic heterocycles. The van der Waals surface area contributed by atoms with Crippen LogP contribution in [0.25, 0.3) is 12.2 Å². The van der Waals surface area contributed by atoms with Gasteiger partial charge in [-0.3, -0.25) is 0 Å². The van der Waals surface area contributed by atoms with Gasteiger partial charge in [0.25, 0.3) is 0 Å². The molecule has 1 aromatic heterocycles. The lowest BCUT2D eigenvalue weighted by molar-refractivity contribution is 0.525. The van der Waals surface area contributed by atoms with Crippen molar-refractivity contribution in [1.29, 1.82) is 0 Å². The van der Waals surface area contributed by atoms with Crippen LogP contribution in [-0.2, 0) is 0 Å². The quantitative estimate of drug-likeness (QED) is 0.657. The van der Waals surface area contributed by atoms with Crippen LogP contribution in [0.3, 0.4) is 0 Å². The molecule has 0 radical (unpaired) electrons. The predicted octanol–water partition coefficient (Wildman–Crippen LogP) is 1.86. The number of rotatable bonds is 1. The first-order valence-corrected chi connectivity index (χ1v) is 4.57. The molecule has 1 aromatic rings. The molecule has 0 saturated heterocycles. The summed E-state index contributed by atoms with van der Waals surface area (Å²) in [6.07, 6.45) is 9.13. The zero-order valence-corrected chi connectivity index (χ0v) is 8.74. The molecule has 0 atom stereocenters. The molecule has 0 bridgehead atoms. The summed E-state index contributed by atoms with van der Waals surface area (Å²) in [5.41, 5.74) is 0.811. The summed E-state index contributed by atoms with van der Waals surface area (Å²) in [5, 5.41) is 0.892. The van der Waals surface area contributed by atoms with Crippen molar-refractivity contribution in [1.82, 2.24) is 4.98 Å². The smallest absolute Gasteiger partial charge is 0.181 e. The van der Waals surface area contributed by atoms with Crippen molar-refractivity contribution in [3.05, 3.63) is 29.3 Å². The Morgan fingerprint density at radius 1 is 1.31 bits per heavy atom. The van der Waals surface area contributed by atoms with Crippen molar-refractivity contribution in [3.63, 3.8) is 0 Å². The molecular formula is C11H17NO. The van der Waals surface area contributed by atoms with Crippen molar-refractivity contribution in [3.8, 4) is 0 Å². The molecule has 0 fully saturated rings. The number of hydrogen-bond acceptors (Lipinski definition) is 2. The summed E-state index contributed by atoms with van der Waals surface area (Å²) in [7, 11) is 0. The molecular weight excluding hydrogens is 162 g/mol. The second-order valence-electron chi connectivity index (χ2n) is 2.08. The largest absolute Gasteiger partial charge is 0.443 e. The molecule has 1 rings (SSSR count). The van der Waals surface area contributed by atoms with E-state index < -0.39 is 0 Å². The molecule has 2 heteroatoms. The molecule has 13 heavy (non-hydrogen) atoms. The van der Waals surface area contributed by atoms with E-state index in [0.29, 0.717) is 0 Å². The van der Waals surface area contributed by atoms with E-state index in [2.05, 4.69) is 4.98 Å². The van der Waals surface area contributed by atoms with Gasteiger partial charge in [0.1, 0.15) is 5.35 Å². The molecule has 0 unspecified atom stereocenters. The lowest BCUT2D eigenvalue weighted by Crippen LogP contribution is -2.20. The molecule has 1 heterocycles. The Morgan fingerprint density at radius 2 is 2.00 bits per heavy atom. The molecule has 0 N–H and O–H groups in total. The van der Waals surface area contributed by atoms with Crippen molar-refractivity contribution in [2.45, 2.75) is 27.7 Å². The highest BCUT2D eigenvalue weighted by Crippen LogP contribution is 1.71. The van der Waals surface area contributed by atoms with Gasteiger partial charge in [-0.05, 0) is 19.9 Å². The van der Waals surface area contributed by atoms with Gasteiger partial charge in [0.2, 0.25) is 0 Å². The van der Waals surface area contributed by atoms with Crippen molar-refractivity contribution >= 4 is 12.2 Å². The molecule has 0 aliphatic carbocycles. The number of nitrogens with zero attached hydrogens (tertiary/aromatic N) is 1. The number of allylic oxidation sites excluding steroid dienone is 2. The van der Waals surface area contributed by atoms with Gasteiger partial charge in [0.05, 0.1) is 0 Å². The molecule has 0 aliphatic rings. The number of aromatic nitrogens is 1. The molecule has 2 nitrogen and oxygen atoms in total. The Balaban J connectivity index is 0.000000671. The molecule has 0 aromatic carbocycles. The lowest BCUT2D eigenvalue weighted by Gasteiger charge is -1.72. The van der Waals surface area contributed by atoms with Gasteiger partial charge in [-0.2, -0.15) is 0 Å². The van der Waals surface area contributed by atoms with Gasteiger partial charge in [0, 0.05) is 0 Å². The third-order valence-electron chi connectivity index (χ3n) is 1.34. The van der Waals surface area contributed by atoms with Crippen molar-refractivity contribution in [2.24, 2.45) is 0 Å². The van der Waals surface area contributed by atoms with E-state index in [-0.39, 0.29) is 0 Å². The average Bonchev–Trinajstić information content (AvgIpc) is 2.65. The van der Waals surface area contributed by atoms with Crippen LogP contribution in [0.4, 0.5) is 0 Å². The fourth-order valence-electron chi connectivity index (χ4n) is 0.789. The van der Waals surface area contributed by atoms with E-state index >= 15 is 0 Å².